The second kappa shape index (κ2) is 9.30. The smallest absolute Gasteiger partial charge is 0.274 e. The zero-order chi connectivity index (χ0) is 20.9. The van der Waals surface area contributed by atoms with E-state index in [9.17, 15) is 9.18 Å². The first kappa shape index (κ1) is 20.4. The van der Waals surface area contributed by atoms with Crippen molar-refractivity contribution in [1.29, 1.82) is 0 Å². The van der Waals surface area contributed by atoms with E-state index in [0.29, 0.717) is 49.0 Å². The van der Waals surface area contributed by atoms with Gasteiger partial charge in [0.1, 0.15) is 28.9 Å². The van der Waals surface area contributed by atoms with Crippen molar-refractivity contribution in [2.75, 3.05) is 26.3 Å². The summed E-state index contributed by atoms with van der Waals surface area (Å²) in [6, 6.07) is 12.1. The van der Waals surface area contributed by atoms with Gasteiger partial charge in [0, 0.05) is 25.9 Å². The minimum Gasteiger partial charge on any atom is -0.494 e. The first-order valence-electron chi connectivity index (χ1n) is 9.97. The van der Waals surface area contributed by atoms with Crippen LogP contribution in [-0.2, 0) is 4.79 Å². The highest BCUT2D eigenvalue weighted by atomic mass is 32.1. The summed E-state index contributed by atoms with van der Waals surface area (Å²) in [4.78, 5) is 18.5. The van der Waals surface area contributed by atoms with E-state index in [2.05, 4.69) is 4.98 Å². The Balaban J connectivity index is 1.24. The summed E-state index contributed by atoms with van der Waals surface area (Å²) in [6.45, 7) is 3.71. The van der Waals surface area contributed by atoms with Crippen molar-refractivity contribution in [2.45, 2.75) is 25.9 Å². The zero-order valence-corrected chi connectivity index (χ0v) is 17.5. The van der Waals surface area contributed by atoms with Crippen molar-refractivity contribution in [2.24, 2.45) is 0 Å². The van der Waals surface area contributed by atoms with Crippen molar-refractivity contribution in [1.82, 2.24) is 9.88 Å². The third-order valence-corrected chi connectivity index (χ3v) is 5.82. The normalized spacial score (nSPS) is 14.7. The van der Waals surface area contributed by atoms with Crippen LogP contribution in [0.4, 0.5) is 4.39 Å². The lowest BCUT2D eigenvalue weighted by molar-refractivity contribution is -0.135. The maximum atomic E-state index is 13.8. The summed E-state index contributed by atoms with van der Waals surface area (Å²) < 4.78 is 31.5. The predicted octanol–water partition coefficient (Wildman–Crippen LogP) is 4.28. The zero-order valence-electron chi connectivity index (χ0n) is 16.7. The van der Waals surface area contributed by atoms with Crippen molar-refractivity contribution in [3.8, 4) is 16.7 Å². The summed E-state index contributed by atoms with van der Waals surface area (Å²) in [5.41, 5.74) is 0.344. The number of hydrogen-bond acceptors (Lipinski definition) is 6. The van der Waals surface area contributed by atoms with E-state index in [0.717, 1.165) is 10.4 Å². The summed E-state index contributed by atoms with van der Waals surface area (Å²) in [7, 11) is 0. The lowest BCUT2D eigenvalue weighted by atomic mass is 10.1. The fourth-order valence-electron chi connectivity index (χ4n) is 3.35. The maximum absolute atomic E-state index is 13.8. The second-order valence-electron chi connectivity index (χ2n) is 6.96. The number of likely N-dealkylation sites (tertiary alicyclic amines) is 1. The number of fused-ring (bicyclic) bond motifs is 1. The molecular weight excluding hydrogens is 407 g/mol. The largest absolute Gasteiger partial charge is 0.494 e. The fraction of sp³-hybridized carbons (Fsp3) is 0.364. The number of para-hydroxylation sites is 1. The molecule has 1 amide bonds. The lowest BCUT2D eigenvalue weighted by Crippen LogP contribution is -2.43. The maximum Gasteiger partial charge on any atom is 0.274 e. The monoisotopic (exact) mass is 430 g/mol. The molecule has 30 heavy (non-hydrogen) atoms. The van der Waals surface area contributed by atoms with Crippen LogP contribution in [-0.4, -0.2) is 48.2 Å². The van der Waals surface area contributed by atoms with E-state index < -0.39 is 0 Å². The number of thiazole rings is 1. The van der Waals surface area contributed by atoms with Gasteiger partial charge in [-0.15, -0.1) is 0 Å². The summed E-state index contributed by atoms with van der Waals surface area (Å²) in [5.74, 6) is 1.01. The van der Waals surface area contributed by atoms with E-state index in [-0.39, 0.29) is 24.4 Å². The Kier molecular flexibility index (Phi) is 6.32. The van der Waals surface area contributed by atoms with Crippen LogP contribution in [0, 0.1) is 5.82 Å². The fourth-order valence-corrected chi connectivity index (χ4v) is 4.24. The topological polar surface area (TPSA) is 60.9 Å². The number of hydrogen-bond donors (Lipinski definition) is 0. The van der Waals surface area contributed by atoms with Crippen LogP contribution < -0.4 is 14.2 Å². The number of benzene rings is 2. The number of nitrogens with zero attached hydrogens (tertiary/aromatic N) is 2. The van der Waals surface area contributed by atoms with Gasteiger partial charge < -0.3 is 19.1 Å². The van der Waals surface area contributed by atoms with E-state index in [1.165, 1.54) is 17.4 Å². The Morgan fingerprint density at radius 1 is 1.13 bits per heavy atom. The average molecular weight is 431 g/mol. The molecular formula is C22H23FN2O4S. The second-order valence-corrected chi connectivity index (χ2v) is 7.95. The molecule has 8 heteroatoms. The van der Waals surface area contributed by atoms with Crippen molar-refractivity contribution >= 4 is 27.5 Å². The molecule has 158 valence electrons. The average Bonchev–Trinajstić information content (AvgIpc) is 3.18. The first-order valence-corrected chi connectivity index (χ1v) is 10.8. The Bertz CT molecular complexity index is 1000. The molecule has 4 rings (SSSR count). The number of halogens is 1. The van der Waals surface area contributed by atoms with Gasteiger partial charge in [-0.25, -0.2) is 4.39 Å². The molecule has 1 aromatic heterocycles. The van der Waals surface area contributed by atoms with Gasteiger partial charge in [-0.2, -0.15) is 4.98 Å². The first-order chi connectivity index (χ1) is 14.6. The number of aromatic nitrogens is 1. The number of piperidine rings is 1. The SMILES string of the molecule is CCOc1ccc(OCC(=O)N2CCC(Oc3nc4c(F)cccc4s3)CC2)cc1. The molecule has 0 saturated carbocycles. The highest BCUT2D eigenvalue weighted by Gasteiger charge is 2.25. The Morgan fingerprint density at radius 2 is 1.83 bits per heavy atom. The van der Waals surface area contributed by atoms with Crippen LogP contribution in [0.1, 0.15) is 19.8 Å². The standard InChI is InChI=1S/C22H23FN2O4S/c1-2-27-15-6-8-16(9-7-15)28-14-20(26)25-12-10-17(11-13-25)29-22-24-21-18(23)4-3-5-19(21)30-22/h3-9,17H,2,10-14H2,1H3. The molecule has 0 N–H and O–H groups in total. The molecule has 2 heterocycles. The van der Waals surface area contributed by atoms with Gasteiger partial charge >= 0.3 is 0 Å². The highest BCUT2D eigenvalue weighted by molar-refractivity contribution is 7.20. The van der Waals surface area contributed by atoms with Gasteiger partial charge in [-0.05, 0) is 43.3 Å². The third-order valence-electron chi connectivity index (χ3n) is 4.91. The van der Waals surface area contributed by atoms with E-state index in [4.69, 9.17) is 14.2 Å². The molecule has 1 saturated heterocycles. The number of rotatable bonds is 7. The molecule has 1 aliphatic heterocycles. The summed E-state index contributed by atoms with van der Waals surface area (Å²) >= 11 is 1.34. The number of ether oxygens (including phenoxy) is 3. The van der Waals surface area contributed by atoms with Gasteiger partial charge in [0.2, 0.25) is 0 Å². The molecule has 0 radical (unpaired) electrons. The van der Waals surface area contributed by atoms with Crippen LogP contribution >= 0.6 is 11.3 Å². The molecule has 2 aromatic carbocycles. The van der Waals surface area contributed by atoms with Crippen LogP contribution in [0.3, 0.4) is 0 Å². The molecule has 0 aliphatic carbocycles. The molecule has 1 aliphatic rings. The minimum atomic E-state index is -0.341. The molecule has 0 bridgehead atoms. The molecule has 3 aromatic rings. The third kappa shape index (κ3) is 4.81. The Hall–Kier alpha value is -2.87. The van der Waals surface area contributed by atoms with Gasteiger partial charge in [-0.1, -0.05) is 17.4 Å². The highest BCUT2D eigenvalue weighted by Crippen LogP contribution is 2.31. The number of carbonyl (C=O) groups is 1. The molecule has 1 fully saturated rings. The molecule has 0 atom stereocenters. The van der Waals surface area contributed by atoms with Gasteiger partial charge in [0.05, 0.1) is 11.3 Å². The molecule has 0 spiro atoms. The van der Waals surface area contributed by atoms with Crippen LogP contribution in [0.25, 0.3) is 10.2 Å². The Labute approximate surface area is 178 Å². The van der Waals surface area contributed by atoms with Crippen molar-refractivity contribution < 1.29 is 23.4 Å². The van der Waals surface area contributed by atoms with Gasteiger partial charge in [0.25, 0.3) is 11.1 Å². The van der Waals surface area contributed by atoms with Crippen LogP contribution in [0.15, 0.2) is 42.5 Å². The number of carbonyl (C=O) groups excluding carboxylic acids is 1. The molecule has 6 nitrogen and oxygen atoms in total. The van der Waals surface area contributed by atoms with Crippen molar-refractivity contribution in [3.63, 3.8) is 0 Å². The Morgan fingerprint density at radius 3 is 2.50 bits per heavy atom. The van der Waals surface area contributed by atoms with E-state index in [1.54, 1.807) is 23.1 Å². The number of amides is 1. The summed E-state index contributed by atoms with van der Waals surface area (Å²) in [6.07, 6.45) is 1.37. The molecule has 0 unspecified atom stereocenters. The van der Waals surface area contributed by atoms with E-state index >= 15 is 0 Å². The van der Waals surface area contributed by atoms with Crippen molar-refractivity contribution in [3.05, 3.63) is 48.3 Å². The van der Waals surface area contributed by atoms with Gasteiger partial charge in [0.15, 0.2) is 6.61 Å². The van der Waals surface area contributed by atoms with Gasteiger partial charge in [-0.3, -0.25) is 4.79 Å². The van der Waals surface area contributed by atoms with Crippen LogP contribution in [0.5, 0.6) is 16.7 Å². The lowest BCUT2D eigenvalue weighted by Gasteiger charge is -2.31. The van der Waals surface area contributed by atoms with Crippen LogP contribution in [0.2, 0.25) is 0 Å². The predicted molar refractivity (Wildman–Crippen MR) is 113 cm³/mol. The summed E-state index contributed by atoms with van der Waals surface area (Å²) in [5, 5.41) is 0.471. The quantitative estimate of drug-likeness (QED) is 0.560. The minimum absolute atomic E-state index is 0.00332. The van der Waals surface area contributed by atoms with E-state index in [1.807, 2.05) is 25.1 Å².